The van der Waals surface area contributed by atoms with Gasteiger partial charge < -0.3 is 10.5 Å². The number of nitrogens with two attached hydrogens (primary N) is 1. The second-order valence-electron chi connectivity index (χ2n) is 7.79. The van der Waals surface area contributed by atoms with Gasteiger partial charge in [0.25, 0.3) is 0 Å². The van der Waals surface area contributed by atoms with E-state index in [9.17, 15) is 0 Å². The van der Waals surface area contributed by atoms with Crippen LogP contribution in [-0.4, -0.2) is 0 Å². The van der Waals surface area contributed by atoms with Crippen LogP contribution in [0.5, 0.6) is 11.5 Å². The Bertz CT molecular complexity index is 857. The van der Waals surface area contributed by atoms with E-state index in [1.807, 2.05) is 32.0 Å². The fourth-order valence-corrected chi connectivity index (χ4v) is 2.99. The molecule has 0 spiro atoms. The van der Waals surface area contributed by atoms with Crippen LogP contribution in [0.15, 0.2) is 60.7 Å². The average molecular weight is 333 g/mol. The van der Waals surface area contributed by atoms with Crippen molar-refractivity contribution < 1.29 is 4.74 Å². The Morgan fingerprint density at radius 3 is 2.08 bits per heavy atom. The molecule has 0 saturated carbocycles. The van der Waals surface area contributed by atoms with Crippen molar-refractivity contribution in [3.05, 3.63) is 71.8 Å². The van der Waals surface area contributed by atoms with Crippen LogP contribution in [0.1, 0.15) is 38.8 Å². The maximum Gasteiger partial charge on any atom is 0.128 e. The third-order valence-electron chi connectivity index (χ3n) is 4.36. The molecule has 0 saturated heterocycles. The second kappa shape index (κ2) is 6.89. The van der Waals surface area contributed by atoms with E-state index < -0.39 is 0 Å². The minimum atomic E-state index is -0.332. The molecule has 0 aliphatic heterocycles. The highest BCUT2D eigenvalue weighted by atomic mass is 16.5. The van der Waals surface area contributed by atoms with Crippen LogP contribution >= 0.6 is 0 Å². The number of benzene rings is 3. The zero-order valence-corrected chi connectivity index (χ0v) is 15.5. The fourth-order valence-electron chi connectivity index (χ4n) is 2.99. The van der Waals surface area contributed by atoms with Crippen molar-refractivity contribution in [3.63, 3.8) is 0 Å². The molecule has 0 amide bonds. The summed E-state index contributed by atoms with van der Waals surface area (Å²) >= 11 is 0. The first-order chi connectivity index (χ1) is 11.8. The predicted octanol–water partition coefficient (Wildman–Crippen LogP) is 6.02. The summed E-state index contributed by atoms with van der Waals surface area (Å²) in [7, 11) is 0. The molecule has 0 aliphatic carbocycles. The molecule has 2 N–H and O–H groups in total. The van der Waals surface area contributed by atoms with Gasteiger partial charge in [0, 0.05) is 5.54 Å². The molecule has 0 unspecified atom stereocenters. The van der Waals surface area contributed by atoms with Gasteiger partial charge in [-0.05, 0) is 78.4 Å². The summed E-state index contributed by atoms with van der Waals surface area (Å²) in [6.07, 6.45) is 1.09. The van der Waals surface area contributed by atoms with Gasteiger partial charge in [-0.1, -0.05) is 44.2 Å². The maximum absolute atomic E-state index is 6.20. The van der Waals surface area contributed by atoms with Crippen LogP contribution < -0.4 is 10.5 Å². The lowest BCUT2D eigenvalue weighted by Crippen LogP contribution is -2.28. The molecular weight excluding hydrogens is 306 g/mol. The van der Waals surface area contributed by atoms with Crippen LogP contribution in [-0.2, 0) is 12.0 Å². The number of hydrogen-bond acceptors (Lipinski definition) is 2. The molecule has 3 aromatic rings. The number of ether oxygens (including phenoxy) is 1. The lowest BCUT2D eigenvalue weighted by Gasteiger charge is -2.19. The van der Waals surface area contributed by atoms with E-state index >= 15 is 0 Å². The first-order valence-corrected chi connectivity index (χ1v) is 8.91. The Balaban J connectivity index is 1.80. The third kappa shape index (κ3) is 4.40. The SMILES string of the molecule is CC(C)Cc1ccc(Oc2ccc3cc(C(C)(C)N)ccc3c2)cc1. The summed E-state index contributed by atoms with van der Waals surface area (Å²) in [5.74, 6) is 2.38. The van der Waals surface area contributed by atoms with Gasteiger partial charge in [0.15, 0.2) is 0 Å². The summed E-state index contributed by atoms with van der Waals surface area (Å²) in [4.78, 5) is 0. The van der Waals surface area contributed by atoms with Crippen LogP contribution in [0.4, 0.5) is 0 Å². The Kier molecular flexibility index (Phi) is 4.82. The molecule has 25 heavy (non-hydrogen) atoms. The normalized spacial score (nSPS) is 11.9. The van der Waals surface area contributed by atoms with Gasteiger partial charge in [0.05, 0.1) is 0 Å². The molecule has 130 valence electrons. The van der Waals surface area contributed by atoms with Gasteiger partial charge in [-0.15, -0.1) is 0 Å². The lowest BCUT2D eigenvalue weighted by molar-refractivity contribution is 0.483. The molecule has 3 rings (SSSR count). The van der Waals surface area contributed by atoms with E-state index in [4.69, 9.17) is 10.5 Å². The minimum absolute atomic E-state index is 0.332. The first-order valence-electron chi connectivity index (χ1n) is 8.91. The van der Waals surface area contributed by atoms with E-state index in [1.54, 1.807) is 0 Å². The molecule has 0 radical (unpaired) electrons. The summed E-state index contributed by atoms with van der Waals surface area (Å²) < 4.78 is 6.02. The van der Waals surface area contributed by atoms with Crippen LogP contribution in [0.3, 0.4) is 0 Å². The summed E-state index contributed by atoms with van der Waals surface area (Å²) in [5.41, 5.74) is 8.34. The highest BCUT2D eigenvalue weighted by molar-refractivity contribution is 5.84. The van der Waals surface area contributed by atoms with Crippen molar-refractivity contribution in [2.45, 2.75) is 39.7 Å². The Morgan fingerprint density at radius 1 is 0.840 bits per heavy atom. The van der Waals surface area contributed by atoms with Crippen molar-refractivity contribution in [1.82, 2.24) is 0 Å². The molecule has 0 bridgehead atoms. The van der Waals surface area contributed by atoms with Crippen LogP contribution in [0.2, 0.25) is 0 Å². The van der Waals surface area contributed by atoms with Crippen molar-refractivity contribution in [2.24, 2.45) is 11.7 Å². The zero-order chi connectivity index (χ0) is 18.0. The van der Waals surface area contributed by atoms with Crippen molar-refractivity contribution in [1.29, 1.82) is 0 Å². The van der Waals surface area contributed by atoms with E-state index in [-0.39, 0.29) is 5.54 Å². The van der Waals surface area contributed by atoms with Crippen molar-refractivity contribution >= 4 is 10.8 Å². The molecule has 0 aromatic heterocycles. The smallest absolute Gasteiger partial charge is 0.128 e. The van der Waals surface area contributed by atoms with Gasteiger partial charge in [-0.2, -0.15) is 0 Å². The van der Waals surface area contributed by atoms with Gasteiger partial charge in [-0.25, -0.2) is 0 Å². The van der Waals surface area contributed by atoms with E-state index in [0.29, 0.717) is 5.92 Å². The Morgan fingerprint density at radius 2 is 1.44 bits per heavy atom. The molecule has 0 atom stereocenters. The van der Waals surface area contributed by atoms with E-state index in [2.05, 4.69) is 56.3 Å². The van der Waals surface area contributed by atoms with E-state index in [1.165, 1.54) is 10.9 Å². The minimum Gasteiger partial charge on any atom is -0.457 e. The Labute approximate surface area is 150 Å². The third-order valence-corrected chi connectivity index (χ3v) is 4.36. The summed E-state index contributed by atoms with van der Waals surface area (Å²) in [5, 5.41) is 2.33. The van der Waals surface area contributed by atoms with Gasteiger partial charge in [0.2, 0.25) is 0 Å². The van der Waals surface area contributed by atoms with Crippen LogP contribution in [0.25, 0.3) is 10.8 Å². The summed E-state index contributed by atoms with van der Waals surface area (Å²) in [6, 6.07) is 20.9. The molecule has 3 aromatic carbocycles. The predicted molar refractivity (Wildman–Crippen MR) is 106 cm³/mol. The Hall–Kier alpha value is -2.32. The molecule has 0 aliphatic rings. The monoisotopic (exact) mass is 333 g/mol. The molecule has 2 heteroatoms. The highest BCUT2D eigenvalue weighted by Gasteiger charge is 2.14. The van der Waals surface area contributed by atoms with Crippen molar-refractivity contribution in [2.75, 3.05) is 0 Å². The topological polar surface area (TPSA) is 35.2 Å². The first kappa shape index (κ1) is 17.5. The molecule has 2 nitrogen and oxygen atoms in total. The van der Waals surface area contributed by atoms with Crippen LogP contribution in [0, 0.1) is 5.92 Å². The van der Waals surface area contributed by atoms with E-state index in [0.717, 1.165) is 28.9 Å². The van der Waals surface area contributed by atoms with Gasteiger partial charge in [-0.3, -0.25) is 0 Å². The number of fused-ring (bicyclic) bond motifs is 1. The fraction of sp³-hybridized carbons (Fsp3) is 0.304. The highest BCUT2D eigenvalue weighted by Crippen LogP contribution is 2.28. The average Bonchev–Trinajstić information content (AvgIpc) is 2.55. The van der Waals surface area contributed by atoms with Crippen molar-refractivity contribution in [3.8, 4) is 11.5 Å². The largest absolute Gasteiger partial charge is 0.457 e. The number of rotatable bonds is 5. The maximum atomic E-state index is 6.20. The van der Waals surface area contributed by atoms with Gasteiger partial charge >= 0.3 is 0 Å². The standard InChI is InChI=1S/C23H27NO/c1-16(2)13-17-5-10-21(11-6-17)25-22-12-8-18-14-20(23(3,4)24)9-7-19(18)15-22/h5-12,14-16H,13,24H2,1-4H3. The molecular formula is C23H27NO. The summed E-state index contributed by atoms with van der Waals surface area (Å²) in [6.45, 7) is 8.51. The lowest BCUT2D eigenvalue weighted by atomic mass is 9.93. The van der Waals surface area contributed by atoms with Gasteiger partial charge in [0.1, 0.15) is 11.5 Å². The molecule has 0 heterocycles. The number of hydrogen-bond donors (Lipinski definition) is 1. The quantitative estimate of drug-likeness (QED) is 0.619. The zero-order valence-electron chi connectivity index (χ0n) is 15.5. The second-order valence-corrected chi connectivity index (χ2v) is 7.79. The molecule has 0 fully saturated rings.